The van der Waals surface area contributed by atoms with Crippen LogP contribution in [-0.4, -0.2) is 54.0 Å². The lowest BCUT2D eigenvalue weighted by Crippen LogP contribution is -2.44. The first-order chi connectivity index (χ1) is 12.6. The largest absolute Gasteiger partial charge is 0.354 e. The van der Waals surface area contributed by atoms with E-state index < -0.39 is 0 Å². The van der Waals surface area contributed by atoms with Crippen LogP contribution < -0.4 is 10.2 Å². The van der Waals surface area contributed by atoms with E-state index >= 15 is 0 Å². The fourth-order valence-corrected chi connectivity index (χ4v) is 4.11. The number of hydrogen-bond acceptors (Lipinski definition) is 6. The summed E-state index contributed by atoms with van der Waals surface area (Å²) in [6.07, 6.45) is 3.80. The first-order valence-corrected chi connectivity index (χ1v) is 10.0. The van der Waals surface area contributed by atoms with E-state index in [0.29, 0.717) is 6.54 Å². The molecule has 2 aromatic rings. The number of nitrogens with one attached hydrogen (secondary N) is 1. The van der Waals surface area contributed by atoms with Crippen LogP contribution in [0.4, 0.5) is 5.82 Å². The lowest BCUT2D eigenvalue weighted by molar-refractivity contribution is 0.0954. The Morgan fingerprint density at radius 2 is 2.08 bits per heavy atom. The van der Waals surface area contributed by atoms with Crippen LogP contribution in [0, 0.1) is 6.92 Å². The third-order valence-corrected chi connectivity index (χ3v) is 5.82. The van der Waals surface area contributed by atoms with Crippen molar-refractivity contribution in [3.05, 3.63) is 39.5 Å². The van der Waals surface area contributed by atoms with E-state index in [-0.39, 0.29) is 5.91 Å². The highest BCUT2D eigenvalue weighted by atomic mass is 32.1. The summed E-state index contributed by atoms with van der Waals surface area (Å²) in [6, 6.07) is 4.04. The summed E-state index contributed by atoms with van der Waals surface area (Å²) in [5, 5.41) is 4.06. The van der Waals surface area contributed by atoms with Gasteiger partial charge in [0.05, 0.1) is 10.7 Å². The molecule has 0 atom stereocenters. The Labute approximate surface area is 159 Å². The minimum Gasteiger partial charge on any atom is -0.354 e. The van der Waals surface area contributed by atoms with Gasteiger partial charge in [-0.2, -0.15) is 0 Å². The highest BCUT2D eigenvalue weighted by Crippen LogP contribution is 2.20. The Balaban J connectivity index is 1.61. The second-order valence-electron chi connectivity index (χ2n) is 6.77. The Hall–Kier alpha value is -1.99. The van der Waals surface area contributed by atoms with Crippen molar-refractivity contribution in [3.8, 4) is 0 Å². The Kier molecular flexibility index (Phi) is 6.21. The number of nitrogens with zero attached hydrogens (tertiary/aromatic N) is 4. The van der Waals surface area contributed by atoms with Gasteiger partial charge in [0.1, 0.15) is 10.7 Å². The molecule has 0 saturated carbocycles. The molecule has 0 spiro atoms. The van der Waals surface area contributed by atoms with Crippen molar-refractivity contribution in [1.29, 1.82) is 0 Å². The number of hydrogen-bond donors (Lipinski definition) is 1. The smallest absolute Gasteiger partial charge is 0.263 e. The average Bonchev–Trinajstić information content (AvgIpc) is 3.01. The van der Waals surface area contributed by atoms with Gasteiger partial charge >= 0.3 is 0 Å². The van der Waals surface area contributed by atoms with Gasteiger partial charge in [-0.15, -0.1) is 11.3 Å². The van der Waals surface area contributed by atoms with Gasteiger partial charge in [0, 0.05) is 38.9 Å². The quantitative estimate of drug-likeness (QED) is 0.843. The van der Waals surface area contributed by atoms with Gasteiger partial charge in [-0.25, -0.2) is 9.97 Å². The molecule has 140 valence electrons. The molecular weight excluding hydrogens is 346 g/mol. The highest BCUT2D eigenvalue weighted by molar-refractivity contribution is 7.13. The fourth-order valence-electron chi connectivity index (χ4n) is 3.03. The molecule has 1 N–H and O–H groups in total. The number of pyridine rings is 1. The molecule has 2 aromatic heterocycles. The van der Waals surface area contributed by atoms with Crippen LogP contribution in [0.2, 0.25) is 0 Å². The van der Waals surface area contributed by atoms with Crippen LogP contribution in [0.15, 0.2) is 18.3 Å². The number of aromatic nitrogens is 2. The number of anilines is 1. The summed E-state index contributed by atoms with van der Waals surface area (Å²) in [5.41, 5.74) is 1.89. The molecule has 0 radical (unpaired) electrons. The van der Waals surface area contributed by atoms with Gasteiger partial charge in [0.2, 0.25) is 0 Å². The summed E-state index contributed by atoms with van der Waals surface area (Å²) >= 11 is 1.51. The molecule has 1 fully saturated rings. The molecule has 0 unspecified atom stereocenters. The number of carbonyl (C=O) groups excluding carboxylic acids is 1. The third-order valence-electron chi connectivity index (χ3n) is 4.60. The number of carbonyl (C=O) groups is 1. The number of likely N-dealkylation sites (N-methyl/N-ethyl adjacent to an activating group) is 1. The van der Waals surface area contributed by atoms with E-state index in [0.717, 1.165) is 66.0 Å². The fraction of sp³-hybridized carbons (Fsp3) is 0.526. The number of rotatable bonds is 6. The Bertz CT molecular complexity index is 752. The topological polar surface area (TPSA) is 61.4 Å². The molecule has 0 bridgehead atoms. The monoisotopic (exact) mass is 373 g/mol. The van der Waals surface area contributed by atoms with E-state index in [1.54, 1.807) is 0 Å². The maximum absolute atomic E-state index is 12.5. The van der Waals surface area contributed by atoms with Crippen molar-refractivity contribution in [1.82, 2.24) is 20.2 Å². The zero-order chi connectivity index (χ0) is 18.5. The van der Waals surface area contributed by atoms with Crippen molar-refractivity contribution in [3.63, 3.8) is 0 Å². The number of thiazole rings is 1. The van der Waals surface area contributed by atoms with E-state index in [9.17, 15) is 4.79 Å². The van der Waals surface area contributed by atoms with Crippen LogP contribution >= 0.6 is 11.3 Å². The summed E-state index contributed by atoms with van der Waals surface area (Å²) in [6.45, 7) is 8.60. The average molecular weight is 374 g/mol. The van der Waals surface area contributed by atoms with Crippen LogP contribution in [0.5, 0.6) is 0 Å². The zero-order valence-electron chi connectivity index (χ0n) is 15.8. The van der Waals surface area contributed by atoms with Crippen LogP contribution in [-0.2, 0) is 13.0 Å². The SMILES string of the molecule is CCCc1nc(C)c(C(=O)NCc2ccnc(N3CCN(C)CC3)c2)s1. The maximum atomic E-state index is 12.5. The van der Waals surface area contributed by atoms with Gasteiger partial charge < -0.3 is 15.1 Å². The van der Waals surface area contributed by atoms with Crippen molar-refractivity contribution in [2.24, 2.45) is 0 Å². The van der Waals surface area contributed by atoms with E-state index in [4.69, 9.17) is 0 Å². The molecule has 0 aliphatic carbocycles. The molecule has 1 aliphatic heterocycles. The summed E-state index contributed by atoms with van der Waals surface area (Å²) in [5.74, 6) is 0.948. The molecule has 1 amide bonds. The lowest BCUT2D eigenvalue weighted by atomic mass is 10.2. The van der Waals surface area contributed by atoms with Crippen LogP contribution in [0.25, 0.3) is 0 Å². The molecule has 1 aliphatic rings. The van der Waals surface area contributed by atoms with Crippen LogP contribution in [0.3, 0.4) is 0 Å². The van der Waals surface area contributed by atoms with Crippen molar-refractivity contribution in [2.45, 2.75) is 33.2 Å². The lowest BCUT2D eigenvalue weighted by Gasteiger charge is -2.33. The molecule has 26 heavy (non-hydrogen) atoms. The van der Waals surface area contributed by atoms with E-state index in [2.05, 4.69) is 45.1 Å². The van der Waals surface area contributed by atoms with Crippen molar-refractivity contribution in [2.75, 3.05) is 38.1 Å². The van der Waals surface area contributed by atoms with Gasteiger partial charge in [-0.3, -0.25) is 4.79 Å². The predicted octanol–water partition coefficient (Wildman–Crippen LogP) is 2.48. The van der Waals surface area contributed by atoms with E-state index in [1.807, 2.05) is 19.2 Å². The Morgan fingerprint density at radius 1 is 1.31 bits per heavy atom. The molecule has 0 aromatic carbocycles. The second-order valence-corrected chi connectivity index (χ2v) is 7.85. The van der Waals surface area contributed by atoms with Gasteiger partial charge in [0.25, 0.3) is 5.91 Å². The highest BCUT2D eigenvalue weighted by Gasteiger charge is 2.17. The summed E-state index contributed by atoms with van der Waals surface area (Å²) in [4.78, 5) is 26.8. The van der Waals surface area contributed by atoms with Gasteiger partial charge in [0.15, 0.2) is 0 Å². The molecule has 6 nitrogen and oxygen atoms in total. The first-order valence-electron chi connectivity index (χ1n) is 9.19. The molecule has 7 heteroatoms. The number of amides is 1. The van der Waals surface area contributed by atoms with Gasteiger partial charge in [-0.1, -0.05) is 6.92 Å². The summed E-state index contributed by atoms with van der Waals surface area (Å²) in [7, 11) is 2.14. The standard InChI is InChI=1S/C19H27N5OS/c1-4-5-17-22-14(2)18(26-17)19(25)21-13-15-6-7-20-16(12-15)24-10-8-23(3)9-11-24/h6-7,12H,4-5,8-11,13H2,1-3H3,(H,21,25). The maximum Gasteiger partial charge on any atom is 0.263 e. The summed E-state index contributed by atoms with van der Waals surface area (Å²) < 4.78 is 0. The minimum absolute atomic E-state index is 0.0414. The molecule has 3 rings (SSSR count). The van der Waals surface area contributed by atoms with Crippen molar-refractivity contribution < 1.29 is 4.79 Å². The van der Waals surface area contributed by atoms with Gasteiger partial charge in [-0.05, 0) is 44.5 Å². The number of aryl methyl sites for hydroxylation is 2. The molecular formula is C19H27N5OS. The van der Waals surface area contributed by atoms with E-state index in [1.165, 1.54) is 11.3 Å². The molecule has 1 saturated heterocycles. The minimum atomic E-state index is -0.0414. The normalized spacial score (nSPS) is 15.3. The number of piperazine rings is 1. The first kappa shape index (κ1) is 18.8. The Morgan fingerprint density at radius 3 is 2.81 bits per heavy atom. The second kappa shape index (κ2) is 8.60. The molecule has 3 heterocycles. The zero-order valence-corrected chi connectivity index (χ0v) is 16.6. The third kappa shape index (κ3) is 4.59. The van der Waals surface area contributed by atoms with Crippen molar-refractivity contribution >= 4 is 23.1 Å². The van der Waals surface area contributed by atoms with Crippen LogP contribution in [0.1, 0.15) is 39.3 Å². The predicted molar refractivity (Wildman–Crippen MR) is 106 cm³/mol.